The zero-order chi connectivity index (χ0) is 14.8. The summed E-state index contributed by atoms with van der Waals surface area (Å²) in [6.07, 6.45) is 2.45. The molecule has 0 saturated carbocycles. The van der Waals surface area contributed by atoms with Gasteiger partial charge in [0.1, 0.15) is 0 Å². The molecule has 1 aliphatic heterocycles. The highest BCUT2D eigenvalue weighted by Gasteiger charge is 2.26. The van der Waals surface area contributed by atoms with E-state index < -0.39 is 0 Å². The summed E-state index contributed by atoms with van der Waals surface area (Å²) in [5.74, 6) is 0. The number of nitrogens with zero attached hydrogens (tertiary/aromatic N) is 2. The van der Waals surface area contributed by atoms with Gasteiger partial charge < -0.3 is 9.64 Å². The van der Waals surface area contributed by atoms with Crippen molar-refractivity contribution in [1.82, 2.24) is 4.98 Å². The van der Waals surface area contributed by atoms with Crippen molar-refractivity contribution in [2.45, 2.75) is 32.7 Å². The smallest absolute Gasteiger partial charge is 0.0717 e. The second-order valence-electron chi connectivity index (χ2n) is 5.58. The van der Waals surface area contributed by atoms with E-state index in [0.717, 1.165) is 31.0 Å². The Hall–Kier alpha value is -0.590. The second-order valence-corrected chi connectivity index (χ2v) is 6.82. The van der Waals surface area contributed by atoms with Gasteiger partial charge in [0, 0.05) is 22.1 Å². The van der Waals surface area contributed by atoms with Crippen LogP contribution in [0, 0.1) is 10.5 Å². The average Bonchev–Trinajstić information content (AvgIpc) is 2.92. The molecule has 0 aliphatic carbocycles. The molecule has 0 N–H and O–H groups in total. The number of aryl methyl sites for hydroxylation is 1. The topological polar surface area (TPSA) is 25.4 Å². The molecule has 1 aromatic heterocycles. The summed E-state index contributed by atoms with van der Waals surface area (Å²) in [4.78, 5) is 7.29. The van der Waals surface area contributed by atoms with Crippen molar-refractivity contribution >= 4 is 51.6 Å². The first-order valence-electron chi connectivity index (χ1n) is 7.60. The predicted molar refractivity (Wildman–Crippen MR) is 103 cm³/mol. The summed E-state index contributed by atoms with van der Waals surface area (Å²) in [6.45, 7) is 6.89. The molecule has 1 saturated heterocycles. The van der Waals surface area contributed by atoms with Crippen molar-refractivity contribution in [3.05, 3.63) is 33.5 Å². The highest BCUT2D eigenvalue weighted by Crippen LogP contribution is 2.30. The quantitative estimate of drug-likeness (QED) is 0.662. The standard InChI is InChI=1S/C17H21IN2O.ClH/c1-3-21-11-15-5-4-8-20(15)17-9-13-6-7-14(18)10-16(13)19-12(17)2;/h6-7,9-10,15H,3-5,8,11H2,1-2H3;1H. The number of pyridine rings is 1. The molecule has 5 heteroatoms. The van der Waals surface area contributed by atoms with Crippen LogP contribution in [0.1, 0.15) is 25.5 Å². The molecule has 2 aromatic rings. The van der Waals surface area contributed by atoms with E-state index in [1.165, 1.54) is 27.5 Å². The first kappa shape index (κ1) is 17.8. The van der Waals surface area contributed by atoms with Crippen LogP contribution >= 0.6 is 35.0 Å². The molecule has 0 amide bonds. The third-order valence-corrected chi connectivity index (χ3v) is 4.82. The highest BCUT2D eigenvalue weighted by molar-refractivity contribution is 14.1. The number of anilines is 1. The summed E-state index contributed by atoms with van der Waals surface area (Å²) in [7, 11) is 0. The number of rotatable bonds is 4. The van der Waals surface area contributed by atoms with Crippen LogP contribution in [-0.2, 0) is 4.74 Å². The molecule has 0 spiro atoms. The Morgan fingerprint density at radius 3 is 2.95 bits per heavy atom. The monoisotopic (exact) mass is 432 g/mol. The number of fused-ring (bicyclic) bond motifs is 1. The first-order valence-corrected chi connectivity index (χ1v) is 8.68. The molecule has 1 fully saturated rings. The van der Waals surface area contributed by atoms with Crippen LogP contribution in [0.25, 0.3) is 10.9 Å². The summed E-state index contributed by atoms with van der Waals surface area (Å²) < 4.78 is 6.88. The van der Waals surface area contributed by atoms with Crippen LogP contribution in [0.2, 0.25) is 0 Å². The zero-order valence-electron chi connectivity index (χ0n) is 13.0. The van der Waals surface area contributed by atoms with Gasteiger partial charge in [-0.15, -0.1) is 12.4 Å². The van der Waals surface area contributed by atoms with Gasteiger partial charge in [0.15, 0.2) is 0 Å². The van der Waals surface area contributed by atoms with Gasteiger partial charge >= 0.3 is 0 Å². The number of hydrogen-bond donors (Lipinski definition) is 0. The molecule has 1 atom stereocenters. The van der Waals surface area contributed by atoms with Gasteiger partial charge in [0.05, 0.1) is 29.5 Å². The van der Waals surface area contributed by atoms with Crippen molar-refractivity contribution in [1.29, 1.82) is 0 Å². The van der Waals surface area contributed by atoms with E-state index in [-0.39, 0.29) is 12.4 Å². The summed E-state index contributed by atoms with van der Waals surface area (Å²) in [6, 6.07) is 9.24. The van der Waals surface area contributed by atoms with E-state index in [9.17, 15) is 0 Å². The van der Waals surface area contributed by atoms with Gasteiger partial charge in [0.2, 0.25) is 0 Å². The third kappa shape index (κ3) is 3.66. The van der Waals surface area contributed by atoms with Crippen molar-refractivity contribution < 1.29 is 4.74 Å². The Kier molecular flexibility index (Phi) is 6.29. The normalized spacial score (nSPS) is 17.8. The van der Waals surface area contributed by atoms with Crippen molar-refractivity contribution in [3.8, 4) is 0 Å². The van der Waals surface area contributed by atoms with Crippen LogP contribution in [0.5, 0.6) is 0 Å². The molecule has 1 unspecified atom stereocenters. The number of ether oxygens (including phenoxy) is 1. The van der Waals surface area contributed by atoms with Crippen LogP contribution in [-0.4, -0.2) is 30.8 Å². The molecular weight excluding hydrogens is 411 g/mol. The Morgan fingerprint density at radius 1 is 1.36 bits per heavy atom. The largest absolute Gasteiger partial charge is 0.380 e. The Labute approximate surface area is 152 Å². The lowest BCUT2D eigenvalue weighted by Crippen LogP contribution is -2.33. The average molecular weight is 433 g/mol. The second kappa shape index (κ2) is 7.79. The Balaban J connectivity index is 0.00000176. The van der Waals surface area contributed by atoms with Crippen LogP contribution in [0.3, 0.4) is 0 Å². The minimum atomic E-state index is 0. The molecule has 3 rings (SSSR count). The van der Waals surface area contributed by atoms with E-state index in [0.29, 0.717) is 6.04 Å². The first-order chi connectivity index (χ1) is 10.2. The predicted octanol–water partition coefficient (Wildman–Crippen LogP) is 4.57. The van der Waals surface area contributed by atoms with E-state index in [2.05, 4.69) is 65.6 Å². The fourth-order valence-electron chi connectivity index (χ4n) is 3.10. The molecule has 0 radical (unpaired) electrons. The lowest BCUT2D eigenvalue weighted by Gasteiger charge is -2.28. The molecule has 120 valence electrons. The van der Waals surface area contributed by atoms with Crippen molar-refractivity contribution in [3.63, 3.8) is 0 Å². The lowest BCUT2D eigenvalue weighted by molar-refractivity contribution is 0.134. The summed E-state index contributed by atoms with van der Waals surface area (Å²) in [5, 5.41) is 1.22. The summed E-state index contributed by atoms with van der Waals surface area (Å²) in [5.41, 5.74) is 3.47. The molecule has 1 aliphatic rings. The maximum absolute atomic E-state index is 5.65. The summed E-state index contributed by atoms with van der Waals surface area (Å²) >= 11 is 2.34. The number of aromatic nitrogens is 1. The molecule has 0 bridgehead atoms. The van der Waals surface area contributed by atoms with Crippen LogP contribution in [0.15, 0.2) is 24.3 Å². The number of halogens is 2. The van der Waals surface area contributed by atoms with E-state index in [4.69, 9.17) is 9.72 Å². The highest BCUT2D eigenvalue weighted by atomic mass is 127. The van der Waals surface area contributed by atoms with Crippen molar-refractivity contribution in [2.24, 2.45) is 0 Å². The number of benzene rings is 1. The number of hydrogen-bond acceptors (Lipinski definition) is 3. The van der Waals surface area contributed by atoms with Gasteiger partial charge in [-0.05, 0) is 67.5 Å². The lowest BCUT2D eigenvalue weighted by atomic mass is 10.1. The zero-order valence-corrected chi connectivity index (χ0v) is 16.0. The van der Waals surface area contributed by atoms with Crippen LogP contribution in [0.4, 0.5) is 5.69 Å². The molecule has 3 nitrogen and oxygen atoms in total. The van der Waals surface area contributed by atoms with Gasteiger partial charge in [-0.25, -0.2) is 0 Å². The van der Waals surface area contributed by atoms with Crippen molar-refractivity contribution in [2.75, 3.05) is 24.7 Å². The minimum absolute atomic E-state index is 0. The molecular formula is C17H22ClIN2O. The van der Waals surface area contributed by atoms with Crippen LogP contribution < -0.4 is 4.90 Å². The van der Waals surface area contributed by atoms with E-state index >= 15 is 0 Å². The maximum atomic E-state index is 5.65. The van der Waals surface area contributed by atoms with Gasteiger partial charge in [0.25, 0.3) is 0 Å². The molecule has 22 heavy (non-hydrogen) atoms. The third-order valence-electron chi connectivity index (χ3n) is 4.14. The fourth-order valence-corrected chi connectivity index (χ4v) is 3.57. The maximum Gasteiger partial charge on any atom is 0.0717 e. The molecule has 1 aromatic carbocycles. The minimum Gasteiger partial charge on any atom is -0.380 e. The SMILES string of the molecule is CCOCC1CCCN1c1cc2ccc(I)cc2nc1C.Cl. The fraction of sp³-hybridized carbons (Fsp3) is 0.471. The van der Waals surface area contributed by atoms with Gasteiger partial charge in [-0.2, -0.15) is 0 Å². The molecule has 2 heterocycles. The Morgan fingerprint density at radius 2 is 2.18 bits per heavy atom. The van der Waals surface area contributed by atoms with Gasteiger partial charge in [-0.1, -0.05) is 6.07 Å². The van der Waals surface area contributed by atoms with E-state index in [1.54, 1.807) is 0 Å². The Bertz CT molecular complexity index is 650. The van der Waals surface area contributed by atoms with Gasteiger partial charge in [-0.3, -0.25) is 4.98 Å². The van der Waals surface area contributed by atoms with E-state index in [1.807, 2.05) is 0 Å².